The number of hydrogen-bond acceptors (Lipinski definition) is 0. The molecule has 0 aliphatic heterocycles. The quantitative estimate of drug-likeness (QED) is 0.536. The van der Waals surface area contributed by atoms with Gasteiger partial charge < -0.3 is 4.57 Å². The summed E-state index contributed by atoms with van der Waals surface area (Å²) in [6, 6.07) is 2.13. The molecule has 0 N–H and O–H groups in total. The van der Waals surface area contributed by atoms with Crippen molar-refractivity contribution in [1.29, 1.82) is 0 Å². The van der Waals surface area contributed by atoms with Crippen LogP contribution in [0, 0.1) is 13.8 Å². The molecule has 9 heavy (non-hydrogen) atoms. The van der Waals surface area contributed by atoms with Crippen molar-refractivity contribution in [2.45, 2.75) is 13.8 Å². The molecule has 1 aromatic rings. The van der Waals surface area contributed by atoms with Gasteiger partial charge in [-0.05, 0) is 25.5 Å². The lowest BCUT2D eigenvalue weighted by molar-refractivity contribution is 1.09. The fourth-order valence-electron chi connectivity index (χ4n) is 0.959. The van der Waals surface area contributed by atoms with Crippen LogP contribution in [0.3, 0.4) is 0 Å². The predicted octanol–water partition coefficient (Wildman–Crippen LogP) is 2.21. The second kappa shape index (κ2) is 2.09. The van der Waals surface area contributed by atoms with Crippen LogP contribution in [0.4, 0.5) is 0 Å². The Bertz CT molecular complexity index is 220. The van der Waals surface area contributed by atoms with Gasteiger partial charge in [-0.25, -0.2) is 0 Å². The lowest BCUT2D eigenvalue weighted by atomic mass is 10.4. The molecule has 1 heterocycles. The van der Waals surface area contributed by atoms with Crippen molar-refractivity contribution in [2.75, 3.05) is 0 Å². The standard InChI is InChI=1S/C8H11N/c1-4-9-6-7(2)5-8(9)3/h4-6H,1H2,2-3H3. The summed E-state index contributed by atoms with van der Waals surface area (Å²) in [4.78, 5) is 0. The molecule has 0 spiro atoms. The first-order valence-electron chi connectivity index (χ1n) is 3.01. The van der Waals surface area contributed by atoms with Gasteiger partial charge in [0.05, 0.1) is 0 Å². The molecule has 0 fully saturated rings. The fourth-order valence-corrected chi connectivity index (χ4v) is 0.959. The van der Waals surface area contributed by atoms with Crippen molar-refractivity contribution in [1.82, 2.24) is 4.57 Å². The molecular weight excluding hydrogens is 110 g/mol. The van der Waals surface area contributed by atoms with E-state index < -0.39 is 0 Å². The van der Waals surface area contributed by atoms with Gasteiger partial charge in [0, 0.05) is 18.1 Å². The molecule has 0 unspecified atom stereocenters. The Kier molecular flexibility index (Phi) is 1.43. The van der Waals surface area contributed by atoms with Crippen LogP contribution in [-0.4, -0.2) is 4.57 Å². The maximum absolute atomic E-state index is 3.67. The molecular formula is C8H11N. The van der Waals surface area contributed by atoms with Crippen LogP contribution in [0.1, 0.15) is 11.3 Å². The zero-order valence-corrected chi connectivity index (χ0v) is 5.89. The fraction of sp³-hybridized carbons (Fsp3) is 0.250. The number of aryl methyl sites for hydroxylation is 2. The summed E-state index contributed by atoms with van der Waals surface area (Å²) in [5.74, 6) is 0. The van der Waals surface area contributed by atoms with E-state index >= 15 is 0 Å². The summed E-state index contributed by atoms with van der Waals surface area (Å²) in [7, 11) is 0. The topological polar surface area (TPSA) is 4.93 Å². The van der Waals surface area contributed by atoms with Crippen LogP contribution in [0.15, 0.2) is 18.8 Å². The third kappa shape index (κ3) is 1.04. The zero-order valence-electron chi connectivity index (χ0n) is 5.89. The smallest absolute Gasteiger partial charge is 0.0192 e. The van der Waals surface area contributed by atoms with Gasteiger partial charge >= 0.3 is 0 Å². The minimum absolute atomic E-state index is 1.24. The normalized spacial score (nSPS) is 9.56. The Hall–Kier alpha value is -0.980. The van der Waals surface area contributed by atoms with E-state index in [0.717, 1.165) is 0 Å². The van der Waals surface area contributed by atoms with Crippen LogP contribution in [0.5, 0.6) is 0 Å². The molecule has 0 aliphatic carbocycles. The van der Waals surface area contributed by atoms with Gasteiger partial charge in [-0.2, -0.15) is 0 Å². The maximum atomic E-state index is 3.67. The van der Waals surface area contributed by atoms with Crippen LogP contribution < -0.4 is 0 Å². The molecule has 0 aliphatic rings. The van der Waals surface area contributed by atoms with Gasteiger partial charge in [0.15, 0.2) is 0 Å². The van der Waals surface area contributed by atoms with E-state index in [1.54, 1.807) is 0 Å². The summed E-state index contributed by atoms with van der Waals surface area (Å²) in [5, 5.41) is 0. The van der Waals surface area contributed by atoms with Crippen LogP contribution in [-0.2, 0) is 0 Å². The molecule has 0 aromatic carbocycles. The highest BCUT2D eigenvalue weighted by Crippen LogP contribution is 2.05. The first-order chi connectivity index (χ1) is 4.24. The monoisotopic (exact) mass is 121 g/mol. The highest BCUT2D eigenvalue weighted by molar-refractivity contribution is 5.28. The van der Waals surface area contributed by atoms with E-state index in [1.807, 2.05) is 10.8 Å². The predicted molar refractivity (Wildman–Crippen MR) is 40.3 cm³/mol. The van der Waals surface area contributed by atoms with E-state index in [1.165, 1.54) is 11.3 Å². The molecule has 1 aromatic heterocycles. The van der Waals surface area contributed by atoms with Crippen LogP contribution >= 0.6 is 0 Å². The van der Waals surface area contributed by atoms with Crippen molar-refractivity contribution < 1.29 is 0 Å². The van der Waals surface area contributed by atoms with Crippen molar-refractivity contribution in [3.8, 4) is 0 Å². The van der Waals surface area contributed by atoms with E-state index in [2.05, 4.69) is 32.7 Å². The number of nitrogens with zero attached hydrogens (tertiary/aromatic N) is 1. The van der Waals surface area contributed by atoms with Crippen molar-refractivity contribution >= 4 is 6.20 Å². The first kappa shape index (κ1) is 6.14. The molecule has 48 valence electrons. The molecule has 0 saturated carbocycles. The molecule has 0 atom stereocenters. The van der Waals surface area contributed by atoms with Crippen molar-refractivity contribution in [3.63, 3.8) is 0 Å². The molecule has 0 amide bonds. The molecule has 1 heteroatoms. The lowest BCUT2D eigenvalue weighted by Crippen LogP contribution is -1.82. The maximum Gasteiger partial charge on any atom is 0.0192 e. The Morgan fingerprint density at radius 1 is 1.56 bits per heavy atom. The Labute approximate surface area is 55.6 Å². The van der Waals surface area contributed by atoms with Crippen LogP contribution in [0.25, 0.3) is 6.20 Å². The third-order valence-corrected chi connectivity index (χ3v) is 1.38. The van der Waals surface area contributed by atoms with E-state index in [-0.39, 0.29) is 0 Å². The van der Waals surface area contributed by atoms with Crippen molar-refractivity contribution in [2.24, 2.45) is 0 Å². The minimum Gasteiger partial charge on any atom is -0.328 e. The van der Waals surface area contributed by atoms with Gasteiger partial charge in [-0.3, -0.25) is 0 Å². The number of rotatable bonds is 1. The van der Waals surface area contributed by atoms with Gasteiger partial charge in [0.1, 0.15) is 0 Å². The average Bonchev–Trinajstić information content (AvgIpc) is 2.10. The molecule has 0 bridgehead atoms. The Morgan fingerprint density at radius 2 is 2.22 bits per heavy atom. The second-order valence-corrected chi connectivity index (χ2v) is 2.25. The van der Waals surface area contributed by atoms with E-state index in [4.69, 9.17) is 0 Å². The van der Waals surface area contributed by atoms with Crippen LogP contribution in [0.2, 0.25) is 0 Å². The largest absolute Gasteiger partial charge is 0.328 e. The van der Waals surface area contributed by atoms with E-state index in [9.17, 15) is 0 Å². The van der Waals surface area contributed by atoms with Crippen molar-refractivity contribution in [3.05, 3.63) is 30.1 Å². The highest BCUT2D eigenvalue weighted by atomic mass is 14.9. The minimum atomic E-state index is 1.24. The molecule has 1 nitrogen and oxygen atoms in total. The van der Waals surface area contributed by atoms with Gasteiger partial charge in [-0.1, -0.05) is 6.58 Å². The van der Waals surface area contributed by atoms with Gasteiger partial charge in [0.2, 0.25) is 0 Å². The Balaban J connectivity index is 3.15. The summed E-state index contributed by atoms with van der Waals surface area (Å²) in [6.45, 7) is 7.81. The highest BCUT2D eigenvalue weighted by Gasteiger charge is 1.91. The Morgan fingerprint density at radius 3 is 2.44 bits per heavy atom. The summed E-state index contributed by atoms with van der Waals surface area (Å²) < 4.78 is 2.01. The molecule has 0 radical (unpaired) electrons. The third-order valence-electron chi connectivity index (χ3n) is 1.38. The molecule has 1 rings (SSSR count). The van der Waals surface area contributed by atoms with Gasteiger partial charge in [0.25, 0.3) is 0 Å². The second-order valence-electron chi connectivity index (χ2n) is 2.25. The van der Waals surface area contributed by atoms with Gasteiger partial charge in [-0.15, -0.1) is 0 Å². The zero-order chi connectivity index (χ0) is 6.85. The number of hydrogen-bond donors (Lipinski definition) is 0. The molecule has 0 saturated heterocycles. The summed E-state index contributed by atoms with van der Waals surface area (Å²) >= 11 is 0. The SMILES string of the molecule is C=Cn1cc(C)cc1C. The van der Waals surface area contributed by atoms with E-state index in [0.29, 0.717) is 0 Å². The number of aromatic nitrogens is 1. The average molecular weight is 121 g/mol. The summed E-state index contributed by atoms with van der Waals surface area (Å²) in [6.07, 6.45) is 3.87. The lowest BCUT2D eigenvalue weighted by Gasteiger charge is -1.92. The first-order valence-corrected chi connectivity index (χ1v) is 3.01. The summed E-state index contributed by atoms with van der Waals surface area (Å²) in [5.41, 5.74) is 2.52.